The average Bonchev–Trinajstić information content (AvgIpc) is 2.74. The molecule has 0 radical (unpaired) electrons. The van der Waals surface area contributed by atoms with Crippen LogP contribution < -0.4 is 0 Å². The number of ether oxygens (including phenoxy) is 1. The number of carbonyl (C=O) groups excluding carboxylic acids is 1. The molecule has 0 saturated heterocycles. The van der Waals surface area contributed by atoms with Crippen molar-refractivity contribution in [1.29, 1.82) is 0 Å². The van der Waals surface area contributed by atoms with E-state index in [-0.39, 0.29) is 0 Å². The summed E-state index contributed by atoms with van der Waals surface area (Å²) < 4.78 is 40.8. The molecule has 0 aliphatic carbocycles. The number of hydrogen-bond acceptors (Lipinski definition) is 3. The molecule has 1 aromatic heterocycles. The number of alkyl halides is 3. The van der Waals surface area contributed by atoms with Crippen molar-refractivity contribution in [3.63, 3.8) is 0 Å². The van der Waals surface area contributed by atoms with Crippen molar-refractivity contribution in [2.75, 3.05) is 13.2 Å². The largest absolute Gasteiger partial charge is 0.411 e. The summed E-state index contributed by atoms with van der Waals surface area (Å²) in [4.78, 5) is 11.8. The Hall–Kier alpha value is -1.40. The van der Waals surface area contributed by atoms with Gasteiger partial charge in [-0.15, -0.1) is 11.3 Å². The van der Waals surface area contributed by atoms with Crippen LogP contribution in [0.25, 0.3) is 10.1 Å². The van der Waals surface area contributed by atoms with E-state index in [0.29, 0.717) is 5.56 Å². The van der Waals surface area contributed by atoms with E-state index in [2.05, 4.69) is 4.74 Å². The zero-order chi connectivity index (χ0) is 13.2. The highest BCUT2D eigenvalue weighted by molar-refractivity contribution is 7.17. The molecule has 0 atom stereocenters. The number of hydrogen-bond donors (Lipinski definition) is 0. The molecule has 0 N–H and O–H groups in total. The number of benzene rings is 1. The zero-order valence-corrected chi connectivity index (χ0v) is 9.98. The first-order chi connectivity index (χ1) is 8.47. The molecule has 2 nitrogen and oxygen atoms in total. The fourth-order valence-electron chi connectivity index (χ4n) is 1.55. The van der Waals surface area contributed by atoms with Gasteiger partial charge in [-0.1, -0.05) is 12.1 Å². The van der Waals surface area contributed by atoms with Gasteiger partial charge in [0.2, 0.25) is 0 Å². The van der Waals surface area contributed by atoms with Gasteiger partial charge in [-0.3, -0.25) is 4.79 Å². The van der Waals surface area contributed by atoms with Crippen molar-refractivity contribution in [3.05, 3.63) is 35.2 Å². The number of rotatable bonds is 4. The first-order valence-corrected chi connectivity index (χ1v) is 5.99. The predicted octanol–water partition coefficient (Wildman–Crippen LogP) is 3.66. The van der Waals surface area contributed by atoms with Crippen LogP contribution in [-0.2, 0) is 4.74 Å². The van der Waals surface area contributed by atoms with Crippen LogP contribution in [0.4, 0.5) is 13.2 Å². The molecule has 2 aromatic rings. The predicted molar refractivity (Wildman–Crippen MR) is 63.0 cm³/mol. The fourth-order valence-corrected chi connectivity index (χ4v) is 2.48. The van der Waals surface area contributed by atoms with E-state index < -0.39 is 25.2 Å². The monoisotopic (exact) mass is 274 g/mol. The molecular weight excluding hydrogens is 265 g/mol. The second-order valence-electron chi connectivity index (χ2n) is 3.68. The minimum absolute atomic E-state index is 0.407. The molecule has 96 valence electrons. The highest BCUT2D eigenvalue weighted by Gasteiger charge is 2.28. The lowest BCUT2D eigenvalue weighted by molar-refractivity contribution is -0.170. The summed E-state index contributed by atoms with van der Waals surface area (Å²) in [6, 6.07) is 7.00. The maximum absolute atomic E-state index is 11.9. The van der Waals surface area contributed by atoms with Crippen molar-refractivity contribution in [3.8, 4) is 0 Å². The minimum atomic E-state index is -4.41. The van der Waals surface area contributed by atoms with E-state index in [9.17, 15) is 18.0 Å². The van der Waals surface area contributed by atoms with Gasteiger partial charge in [0.05, 0.1) is 0 Å². The lowest BCUT2D eigenvalue weighted by Crippen LogP contribution is -2.20. The molecule has 0 unspecified atom stereocenters. The Labute approximate surface area is 105 Å². The van der Waals surface area contributed by atoms with E-state index in [4.69, 9.17) is 0 Å². The maximum Gasteiger partial charge on any atom is 0.411 e. The lowest BCUT2D eigenvalue weighted by atomic mass is 10.1. The Balaban J connectivity index is 2.07. The summed E-state index contributed by atoms with van der Waals surface area (Å²) in [6.45, 7) is -1.96. The molecule has 0 bridgehead atoms. The quantitative estimate of drug-likeness (QED) is 0.795. The molecule has 0 amide bonds. The van der Waals surface area contributed by atoms with Crippen molar-refractivity contribution in [1.82, 2.24) is 0 Å². The van der Waals surface area contributed by atoms with Gasteiger partial charge in [0.15, 0.2) is 5.78 Å². The number of Topliss-reactive ketones (excluding diaryl/α,β-unsaturated/α-hetero) is 1. The van der Waals surface area contributed by atoms with Gasteiger partial charge >= 0.3 is 6.18 Å². The summed E-state index contributed by atoms with van der Waals surface area (Å²) >= 11 is 1.38. The van der Waals surface area contributed by atoms with Gasteiger partial charge in [-0.2, -0.15) is 13.2 Å². The Morgan fingerprint density at radius 3 is 2.78 bits per heavy atom. The highest BCUT2D eigenvalue weighted by Crippen LogP contribution is 2.25. The van der Waals surface area contributed by atoms with Crippen molar-refractivity contribution >= 4 is 27.2 Å². The first-order valence-electron chi connectivity index (χ1n) is 5.11. The van der Waals surface area contributed by atoms with Crippen LogP contribution in [0.5, 0.6) is 0 Å². The van der Waals surface area contributed by atoms with Gasteiger partial charge in [0, 0.05) is 10.3 Å². The van der Waals surface area contributed by atoms with Crippen LogP contribution in [0, 0.1) is 0 Å². The Morgan fingerprint density at radius 1 is 1.28 bits per heavy atom. The van der Waals surface area contributed by atoms with Crippen molar-refractivity contribution in [2.24, 2.45) is 0 Å². The second kappa shape index (κ2) is 5.07. The van der Waals surface area contributed by atoms with Gasteiger partial charge < -0.3 is 4.74 Å². The second-order valence-corrected chi connectivity index (χ2v) is 4.59. The SMILES string of the molecule is O=C(COCC(F)(F)F)c1cccc2ccsc12. The molecule has 0 saturated carbocycles. The van der Waals surface area contributed by atoms with E-state index in [1.54, 1.807) is 12.1 Å². The van der Waals surface area contributed by atoms with Crippen molar-refractivity contribution in [2.45, 2.75) is 6.18 Å². The normalized spacial score (nSPS) is 11.9. The number of fused-ring (bicyclic) bond motifs is 1. The Morgan fingerprint density at radius 2 is 2.06 bits per heavy atom. The topological polar surface area (TPSA) is 26.3 Å². The zero-order valence-electron chi connectivity index (χ0n) is 9.16. The van der Waals surface area contributed by atoms with Crippen LogP contribution in [0.15, 0.2) is 29.6 Å². The van der Waals surface area contributed by atoms with E-state index in [1.165, 1.54) is 11.3 Å². The third kappa shape index (κ3) is 3.08. The average molecular weight is 274 g/mol. The molecule has 1 heterocycles. The Bertz CT molecular complexity index is 560. The smallest absolute Gasteiger partial charge is 0.364 e. The molecule has 1 aromatic carbocycles. The molecule has 0 spiro atoms. The van der Waals surface area contributed by atoms with Crippen LogP contribution in [-0.4, -0.2) is 25.2 Å². The van der Waals surface area contributed by atoms with Crippen LogP contribution in [0.2, 0.25) is 0 Å². The van der Waals surface area contributed by atoms with E-state index in [1.807, 2.05) is 17.5 Å². The molecule has 6 heteroatoms. The van der Waals surface area contributed by atoms with Gasteiger partial charge in [0.1, 0.15) is 13.2 Å². The molecule has 0 aliphatic heterocycles. The third-order valence-corrected chi connectivity index (χ3v) is 3.24. The summed E-state index contributed by atoms with van der Waals surface area (Å²) in [5.41, 5.74) is 0.407. The molecular formula is C12H9F3O2S. The third-order valence-electron chi connectivity index (χ3n) is 2.28. The number of thiophene rings is 1. The minimum Gasteiger partial charge on any atom is -0.364 e. The molecule has 18 heavy (non-hydrogen) atoms. The van der Waals surface area contributed by atoms with Gasteiger partial charge in [-0.25, -0.2) is 0 Å². The summed E-state index contributed by atoms with van der Waals surface area (Å²) in [6.07, 6.45) is -4.41. The highest BCUT2D eigenvalue weighted by atomic mass is 32.1. The number of carbonyl (C=O) groups is 1. The van der Waals surface area contributed by atoms with E-state index in [0.717, 1.165) is 10.1 Å². The van der Waals surface area contributed by atoms with Gasteiger partial charge in [-0.05, 0) is 22.9 Å². The number of ketones is 1. The fraction of sp³-hybridized carbons (Fsp3) is 0.250. The summed E-state index contributed by atoms with van der Waals surface area (Å²) in [7, 11) is 0. The maximum atomic E-state index is 11.9. The number of halogens is 3. The van der Waals surface area contributed by atoms with Crippen molar-refractivity contribution < 1.29 is 22.7 Å². The van der Waals surface area contributed by atoms with E-state index >= 15 is 0 Å². The van der Waals surface area contributed by atoms with Crippen LogP contribution in [0.1, 0.15) is 10.4 Å². The molecule has 0 fully saturated rings. The van der Waals surface area contributed by atoms with Crippen LogP contribution in [0.3, 0.4) is 0 Å². The Kier molecular flexibility index (Phi) is 3.68. The molecule has 0 aliphatic rings. The summed E-state index contributed by atoms with van der Waals surface area (Å²) in [5.74, 6) is -0.438. The van der Waals surface area contributed by atoms with Gasteiger partial charge in [0.25, 0.3) is 0 Å². The summed E-state index contributed by atoms with van der Waals surface area (Å²) in [5, 5.41) is 2.74. The van der Waals surface area contributed by atoms with Crippen LogP contribution >= 0.6 is 11.3 Å². The lowest BCUT2D eigenvalue weighted by Gasteiger charge is -2.07. The standard InChI is InChI=1S/C12H9F3O2S/c13-12(14,15)7-17-6-10(16)9-3-1-2-8-4-5-18-11(8)9/h1-5H,6-7H2. The molecule has 2 rings (SSSR count). The first kappa shape index (κ1) is 13.0.